The first-order valence-corrected chi connectivity index (χ1v) is 16.0. The number of hydrogen-bond donors (Lipinski definition) is 4. The van der Waals surface area contributed by atoms with Crippen LogP contribution in [0.25, 0.3) is 0 Å². The summed E-state index contributed by atoms with van der Waals surface area (Å²) in [6.07, 6.45) is 1.94. The van der Waals surface area contributed by atoms with E-state index in [0.29, 0.717) is 64.2 Å². The molecular formula is C30H45N5O6S. The number of aliphatic hydroxyl groups is 1. The van der Waals surface area contributed by atoms with Gasteiger partial charge in [0.25, 0.3) is 0 Å². The van der Waals surface area contributed by atoms with Gasteiger partial charge in [-0.05, 0) is 48.6 Å². The number of hydrogen-bond acceptors (Lipinski definition) is 7. The average Bonchev–Trinajstić information content (AvgIpc) is 2.98. The van der Waals surface area contributed by atoms with Crippen LogP contribution in [0.1, 0.15) is 38.7 Å². The lowest BCUT2D eigenvalue weighted by Crippen LogP contribution is -2.54. The van der Waals surface area contributed by atoms with Crippen LogP contribution >= 0.6 is 0 Å². The maximum Gasteiger partial charge on any atom is 0.318 e. The van der Waals surface area contributed by atoms with E-state index in [1.165, 1.54) is 16.4 Å². The van der Waals surface area contributed by atoms with Gasteiger partial charge < -0.3 is 31.1 Å². The van der Waals surface area contributed by atoms with Crippen molar-refractivity contribution in [2.75, 3.05) is 51.7 Å². The summed E-state index contributed by atoms with van der Waals surface area (Å²) in [5, 5.41) is 16.0. The standard InChI is InChI=1S/C30H45N5O6S/c1-23(2)21-35(42(39,40)27-13-11-25(31)12-14-27)26(22-36)10-6-7-15-32-29(37)28(20-24-8-4-3-5-9-24)33-30(38)34-16-18-41-19-17-34/h3-5,8-9,11-14,23,26,28,36H,6-7,10,15-22,31H2,1-2H3,(H,32,37)(H,33,38)/t26-,28-/m0/s1. The van der Waals surface area contributed by atoms with Gasteiger partial charge in [-0.2, -0.15) is 4.31 Å². The van der Waals surface area contributed by atoms with Crippen LogP contribution in [0.3, 0.4) is 0 Å². The van der Waals surface area contributed by atoms with Crippen LogP contribution in [0.4, 0.5) is 10.5 Å². The molecule has 0 aromatic heterocycles. The van der Waals surface area contributed by atoms with Gasteiger partial charge >= 0.3 is 6.03 Å². The summed E-state index contributed by atoms with van der Waals surface area (Å²) in [6.45, 7) is 6.03. The van der Waals surface area contributed by atoms with Gasteiger partial charge in [0.1, 0.15) is 6.04 Å². The van der Waals surface area contributed by atoms with Crippen LogP contribution in [0.5, 0.6) is 0 Å². The smallest absolute Gasteiger partial charge is 0.318 e. The zero-order valence-electron chi connectivity index (χ0n) is 24.6. The van der Waals surface area contributed by atoms with Gasteiger partial charge in [0.15, 0.2) is 0 Å². The second kappa shape index (κ2) is 16.4. The number of nitrogens with zero attached hydrogens (tertiary/aromatic N) is 2. The predicted molar refractivity (Wildman–Crippen MR) is 162 cm³/mol. The van der Waals surface area contributed by atoms with Crippen LogP contribution in [0.2, 0.25) is 0 Å². The van der Waals surface area contributed by atoms with Gasteiger partial charge in [0.05, 0.1) is 24.7 Å². The minimum Gasteiger partial charge on any atom is -0.399 e. The Kier molecular flexibility index (Phi) is 13.0. The summed E-state index contributed by atoms with van der Waals surface area (Å²) in [7, 11) is -3.85. The molecule has 2 aromatic rings. The largest absolute Gasteiger partial charge is 0.399 e. The lowest BCUT2D eigenvalue weighted by molar-refractivity contribution is -0.123. The maximum absolute atomic E-state index is 13.5. The Hall–Kier alpha value is -3.19. The number of unbranched alkanes of at least 4 members (excludes halogenated alkanes) is 1. The molecule has 232 valence electrons. The molecule has 12 heteroatoms. The zero-order valence-corrected chi connectivity index (χ0v) is 25.4. The number of rotatable bonds is 15. The topological polar surface area (TPSA) is 154 Å². The third-order valence-corrected chi connectivity index (χ3v) is 9.04. The first-order chi connectivity index (χ1) is 20.1. The molecule has 2 aromatic carbocycles. The Morgan fingerprint density at radius 1 is 1.05 bits per heavy atom. The normalized spacial score (nSPS) is 15.4. The summed E-state index contributed by atoms with van der Waals surface area (Å²) >= 11 is 0. The highest BCUT2D eigenvalue weighted by atomic mass is 32.2. The molecule has 1 fully saturated rings. The molecule has 1 heterocycles. The van der Waals surface area contributed by atoms with Crippen molar-refractivity contribution in [3.8, 4) is 0 Å². The third-order valence-electron chi connectivity index (χ3n) is 7.11. The SMILES string of the molecule is CC(C)CN([C@H](CO)CCCCNC(=O)[C@H](Cc1ccccc1)NC(=O)N1CCOCC1)S(=O)(=O)c1ccc(N)cc1. The van der Waals surface area contributed by atoms with Crippen LogP contribution < -0.4 is 16.4 Å². The monoisotopic (exact) mass is 603 g/mol. The number of nitrogen functional groups attached to an aromatic ring is 1. The fourth-order valence-corrected chi connectivity index (χ4v) is 6.62. The first-order valence-electron chi connectivity index (χ1n) is 14.5. The van der Waals surface area contributed by atoms with E-state index in [2.05, 4.69) is 10.6 Å². The van der Waals surface area contributed by atoms with Crippen LogP contribution in [-0.4, -0.2) is 92.8 Å². The highest BCUT2D eigenvalue weighted by molar-refractivity contribution is 7.89. The molecule has 0 aliphatic carbocycles. The van der Waals surface area contributed by atoms with E-state index in [0.717, 1.165) is 5.56 Å². The van der Waals surface area contributed by atoms with E-state index in [4.69, 9.17) is 10.5 Å². The summed E-state index contributed by atoms with van der Waals surface area (Å²) in [4.78, 5) is 27.8. The number of anilines is 1. The molecule has 0 spiro atoms. The molecule has 0 unspecified atom stereocenters. The summed E-state index contributed by atoms with van der Waals surface area (Å²) < 4.78 is 33.6. The summed E-state index contributed by atoms with van der Waals surface area (Å²) in [6, 6.07) is 13.9. The number of sulfonamides is 1. The number of ether oxygens (including phenoxy) is 1. The number of carbonyl (C=O) groups is 2. The predicted octanol–water partition coefficient (Wildman–Crippen LogP) is 2.22. The molecule has 0 saturated carbocycles. The van der Waals surface area contributed by atoms with Crippen LogP contribution in [0.15, 0.2) is 59.5 Å². The zero-order chi connectivity index (χ0) is 30.5. The number of urea groups is 1. The van der Waals surface area contributed by atoms with Crippen molar-refractivity contribution >= 4 is 27.6 Å². The first kappa shape index (κ1) is 33.3. The molecule has 1 saturated heterocycles. The number of nitrogens with one attached hydrogen (secondary N) is 2. The fourth-order valence-electron chi connectivity index (χ4n) is 4.81. The average molecular weight is 604 g/mol. The summed E-state index contributed by atoms with van der Waals surface area (Å²) in [5.41, 5.74) is 7.14. The van der Waals surface area contributed by atoms with Gasteiger partial charge in [0, 0.05) is 44.3 Å². The number of aliphatic hydroxyl groups excluding tert-OH is 1. The Morgan fingerprint density at radius 2 is 1.71 bits per heavy atom. The second-order valence-corrected chi connectivity index (χ2v) is 12.8. The van der Waals surface area contributed by atoms with Gasteiger partial charge in [-0.1, -0.05) is 50.6 Å². The second-order valence-electron chi connectivity index (χ2n) is 11.0. The molecule has 1 aliphatic rings. The van der Waals surface area contributed by atoms with Crippen molar-refractivity contribution in [1.29, 1.82) is 0 Å². The molecule has 2 atom stereocenters. The van der Waals surface area contributed by atoms with Crippen molar-refractivity contribution in [2.45, 2.75) is 56.5 Å². The lowest BCUT2D eigenvalue weighted by atomic mass is 10.1. The van der Waals surface area contributed by atoms with Crippen molar-refractivity contribution in [1.82, 2.24) is 19.8 Å². The van der Waals surface area contributed by atoms with Gasteiger partial charge in [0.2, 0.25) is 15.9 Å². The number of benzene rings is 2. The summed E-state index contributed by atoms with van der Waals surface area (Å²) in [5.74, 6) is -0.234. The molecule has 3 rings (SSSR count). The Labute approximate surface area is 249 Å². The minimum atomic E-state index is -3.85. The fraction of sp³-hybridized carbons (Fsp3) is 0.533. The molecule has 1 aliphatic heterocycles. The van der Waals surface area contributed by atoms with Crippen LogP contribution in [0, 0.1) is 5.92 Å². The molecule has 11 nitrogen and oxygen atoms in total. The number of morpholine rings is 1. The van der Waals surface area contributed by atoms with E-state index in [1.54, 1.807) is 17.0 Å². The molecule has 0 radical (unpaired) electrons. The van der Waals surface area contributed by atoms with Crippen molar-refractivity contribution in [3.63, 3.8) is 0 Å². The van der Waals surface area contributed by atoms with Crippen molar-refractivity contribution in [2.24, 2.45) is 5.92 Å². The highest BCUT2D eigenvalue weighted by Crippen LogP contribution is 2.23. The van der Waals surface area contributed by atoms with Gasteiger partial charge in [-0.25, -0.2) is 13.2 Å². The Balaban J connectivity index is 1.57. The Bertz CT molecular complexity index is 1220. The van der Waals surface area contributed by atoms with Gasteiger partial charge in [-0.15, -0.1) is 0 Å². The van der Waals surface area contributed by atoms with Crippen molar-refractivity contribution < 1.29 is 27.9 Å². The maximum atomic E-state index is 13.5. The van der Waals surface area contributed by atoms with Crippen molar-refractivity contribution in [3.05, 3.63) is 60.2 Å². The molecule has 0 bridgehead atoms. The molecule has 42 heavy (non-hydrogen) atoms. The van der Waals surface area contributed by atoms with Gasteiger partial charge in [-0.3, -0.25) is 4.79 Å². The number of carbonyl (C=O) groups excluding carboxylic acids is 2. The molecular weight excluding hydrogens is 558 g/mol. The van der Waals surface area contributed by atoms with E-state index >= 15 is 0 Å². The van der Waals surface area contributed by atoms with E-state index in [-0.39, 0.29) is 35.9 Å². The molecule has 5 N–H and O–H groups in total. The quantitative estimate of drug-likeness (QED) is 0.180. The molecule has 3 amide bonds. The number of nitrogens with two attached hydrogens (primary N) is 1. The van der Waals surface area contributed by atoms with E-state index in [9.17, 15) is 23.1 Å². The number of amides is 3. The third kappa shape index (κ3) is 9.97. The minimum absolute atomic E-state index is 0.0520. The lowest BCUT2D eigenvalue weighted by Gasteiger charge is -2.31. The van der Waals surface area contributed by atoms with Crippen LogP contribution in [-0.2, 0) is 26.0 Å². The van der Waals surface area contributed by atoms with E-state index < -0.39 is 22.1 Å². The Morgan fingerprint density at radius 3 is 2.33 bits per heavy atom. The van der Waals surface area contributed by atoms with E-state index in [1.807, 2.05) is 44.2 Å². The highest BCUT2D eigenvalue weighted by Gasteiger charge is 2.31.